The van der Waals surface area contributed by atoms with Gasteiger partial charge in [-0.25, -0.2) is 27.5 Å². The molecule has 0 aromatic carbocycles. The average molecular weight is 485 g/mol. The van der Waals surface area contributed by atoms with Gasteiger partial charge in [0, 0.05) is 23.7 Å². The second-order valence-electron chi connectivity index (χ2n) is 8.67. The molecular formula is C23H22F3N7O2. The minimum atomic E-state index is -2.45. The fourth-order valence-electron chi connectivity index (χ4n) is 4.60. The first kappa shape index (κ1) is 23.0. The van der Waals surface area contributed by atoms with Crippen molar-refractivity contribution in [1.29, 1.82) is 5.26 Å². The first-order valence-electron chi connectivity index (χ1n) is 11.1. The zero-order valence-electron chi connectivity index (χ0n) is 19.0. The molecule has 1 saturated heterocycles. The first-order valence-corrected chi connectivity index (χ1v) is 11.1. The molecule has 2 aliphatic heterocycles. The van der Waals surface area contributed by atoms with Gasteiger partial charge in [-0.15, -0.1) is 5.10 Å². The van der Waals surface area contributed by atoms with Crippen molar-refractivity contribution in [2.45, 2.75) is 51.6 Å². The van der Waals surface area contributed by atoms with Crippen LogP contribution >= 0.6 is 0 Å². The number of aryl methyl sites for hydroxylation is 2. The maximum absolute atomic E-state index is 15.5. The number of nitriles is 1. The van der Waals surface area contributed by atoms with Crippen molar-refractivity contribution in [3.63, 3.8) is 0 Å². The predicted octanol–water partition coefficient (Wildman–Crippen LogP) is 2.42. The van der Waals surface area contributed by atoms with Crippen molar-refractivity contribution in [3.8, 4) is 11.9 Å². The Kier molecular flexibility index (Phi) is 5.80. The molecule has 2 aliphatic rings. The van der Waals surface area contributed by atoms with Crippen molar-refractivity contribution < 1.29 is 17.9 Å². The lowest BCUT2D eigenvalue weighted by Crippen LogP contribution is -2.57. The molecule has 3 aromatic heterocycles. The van der Waals surface area contributed by atoms with Gasteiger partial charge >= 0.3 is 0 Å². The normalized spacial score (nSPS) is 24.2. The molecule has 0 bridgehead atoms. The molecule has 0 radical (unpaired) electrons. The summed E-state index contributed by atoms with van der Waals surface area (Å²) in [6.45, 7) is 3.60. The zero-order valence-corrected chi connectivity index (χ0v) is 19.0. The topological polar surface area (TPSA) is 102 Å². The smallest absolute Gasteiger partial charge is 0.267 e. The van der Waals surface area contributed by atoms with Crippen LogP contribution in [-0.4, -0.2) is 56.3 Å². The molecule has 0 aliphatic carbocycles. The summed E-state index contributed by atoms with van der Waals surface area (Å²) in [7, 11) is 0. The van der Waals surface area contributed by atoms with E-state index in [4.69, 9.17) is 4.74 Å². The van der Waals surface area contributed by atoms with Crippen LogP contribution in [0.3, 0.4) is 0 Å². The second-order valence-corrected chi connectivity index (χ2v) is 8.67. The van der Waals surface area contributed by atoms with Gasteiger partial charge in [-0.05, 0) is 32.0 Å². The van der Waals surface area contributed by atoms with Crippen molar-refractivity contribution in [2.75, 3.05) is 18.1 Å². The van der Waals surface area contributed by atoms with E-state index in [-0.39, 0.29) is 23.8 Å². The monoisotopic (exact) mass is 485 g/mol. The largest absolute Gasteiger partial charge is 0.376 e. The van der Waals surface area contributed by atoms with Gasteiger partial charge in [0.15, 0.2) is 12.0 Å². The summed E-state index contributed by atoms with van der Waals surface area (Å²) in [5, 5.41) is 18.0. The van der Waals surface area contributed by atoms with E-state index < -0.39 is 36.8 Å². The molecule has 1 fully saturated rings. The van der Waals surface area contributed by atoms with Gasteiger partial charge in [0.1, 0.15) is 24.1 Å². The first-order chi connectivity index (χ1) is 16.8. The molecule has 0 spiro atoms. The van der Waals surface area contributed by atoms with Crippen LogP contribution in [-0.2, 0) is 17.8 Å². The number of hydrogen-bond donors (Lipinski definition) is 0. The highest BCUT2D eigenvalue weighted by atomic mass is 19.2. The van der Waals surface area contributed by atoms with Gasteiger partial charge in [0.05, 0.1) is 36.7 Å². The number of ether oxygens (including phenoxy) is 1. The zero-order chi connectivity index (χ0) is 24.9. The maximum atomic E-state index is 15.5. The summed E-state index contributed by atoms with van der Waals surface area (Å²) in [4.78, 5) is 17.7. The van der Waals surface area contributed by atoms with Crippen molar-refractivity contribution in [1.82, 2.24) is 24.5 Å². The average Bonchev–Trinajstić information content (AvgIpc) is 3.19. The van der Waals surface area contributed by atoms with Crippen LogP contribution in [0, 0.1) is 25.2 Å². The molecular weight excluding hydrogens is 463 g/mol. The summed E-state index contributed by atoms with van der Waals surface area (Å²) in [5.41, 5.74) is 1.92. The van der Waals surface area contributed by atoms with E-state index in [1.807, 2.05) is 6.07 Å². The summed E-state index contributed by atoms with van der Waals surface area (Å²) in [5.74, 6) is 0.0545. The Morgan fingerprint density at radius 1 is 1.17 bits per heavy atom. The Morgan fingerprint density at radius 3 is 2.69 bits per heavy atom. The number of pyridine rings is 1. The Balaban J connectivity index is 1.51. The molecule has 0 amide bonds. The van der Waals surface area contributed by atoms with Gasteiger partial charge < -0.3 is 9.64 Å². The van der Waals surface area contributed by atoms with Crippen molar-refractivity contribution in [3.05, 3.63) is 62.8 Å². The lowest BCUT2D eigenvalue weighted by molar-refractivity contribution is 0.0238. The van der Waals surface area contributed by atoms with E-state index in [0.717, 1.165) is 11.0 Å². The summed E-state index contributed by atoms with van der Waals surface area (Å²) >= 11 is 0. The van der Waals surface area contributed by atoms with Crippen LogP contribution in [0.25, 0.3) is 5.82 Å². The van der Waals surface area contributed by atoms with E-state index in [9.17, 15) is 10.1 Å². The highest BCUT2D eigenvalue weighted by molar-refractivity contribution is 5.57. The minimum Gasteiger partial charge on any atom is -0.376 e. The van der Waals surface area contributed by atoms with E-state index >= 15 is 13.2 Å². The maximum Gasteiger partial charge on any atom is 0.267 e. The predicted molar refractivity (Wildman–Crippen MR) is 118 cm³/mol. The molecule has 0 N–H and O–H groups in total. The molecule has 4 unspecified atom stereocenters. The fraction of sp³-hybridized carbons (Fsp3) is 0.435. The third-order valence-corrected chi connectivity index (χ3v) is 6.25. The number of nitrogens with zero attached hydrogens (tertiary/aromatic N) is 7. The van der Waals surface area contributed by atoms with Crippen LogP contribution in [0.4, 0.5) is 19.0 Å². The Bertz CT molecular complexity index is 1380. The number of piperidine rings is 1. The van der Waals surface area contributed by atoms with Crippen LogP contribution < -0.4 is 10.5 Å². The van der Waals surface area contributed by atoms with Gasteiger partial charge in [-0.2, -0.15) is 10.4 Å². The van der Waals surface area contributed by atoms with E-state index in [2.05, 4.69) is 15.2 Å². The number of hydrogen-bond acceptors (Lipinski definition) is 7. The standard InChI is InChI=1S/C23H22F3N7O2/c1-12-7-13(2)32(29-12)18-3-4-19(34)33(30-18)21-16(24)10-31(22(26)20(21)25)23-14(9-27)8-15-11-35-6-5-17(15)28-23/h3-4,7-8,16,20-22H,5-6,10-11H2,1-2H3. The number of aromatic nitrogens is 5. The van der Waals surface area contributed by atoms with Crippen LogP contribution in [0.15, 0.2) is 29.1 Å². The Morgan fingerprint density at radius 2 is 1.97 bits per heavy atom. The van der Waals surface area contributed by atoms with Crippen LogP contribution in [0.2, 0.25) is 0 Å². The van der Waals surface area contributed by atoms with Gasteiger partial charge in [0.2, 0.25) is 6.30 Å². The highest BCUT2D eigenvalue weighted by Gasteiger charge is 2.48. The number of halogens is 3. The molecule has 9 nitrogen and oxygen atoms in total. The van der Waals surface area contributed by atoms with E-state index in [1.165, 1.54) is 16.8 Å². The highest BCUT2D eigenvalue weighted by Crippen LogP contribution is 2.36. The lowest BCUT2D eigenvalue weighted by atomic mass is 9.98. The molecule has 5 heterocycles. The molecule has 182 valence electrons. The number of fused-ring (bicyclic) bond motifs is 1. The van der Waals surface area contributed by atoms with E-state index in [0.29, 0.717) is 40.4 Å². The van der Waals surface area contributed by atoms with Crippen molar-refractivity contribution >= 4 is 5.82 Å². The summed E-state index contributed by atoms with van der Waals surface area (Å²) in [6.07, 6.45) is -6.37. The SMILES string of the molecule is Cc1cc(C)n(-c2ccc(=O)n(C3C(F)CN(c4nc5c(cc4C#N)COCC5)C(F)C3F)n2)n1. The molecule has 35 heavy (non-hydrogen) atoms. The van der Waals surface area contributed by atoms with Crippen LogP contribution in [0.1, 0.15) is 34.3 Å². The van der Waals surface area contributed by atoms with Gasteiger partial charge in [-0.1, -0.05) is 0 Å². The second kappa shape index (κ2) is 8.81. The summed E-state index contributed by atoms with van der Waals surface area (Å²) < 4.78 is 53.8. The van der Waals surface area contributed by atoms with Gasteiger partial charge in [-0.3, -0.25) is 4.79 Å². The minimum absolute atomic E-state index is 0.00318. The fourth-order valence-corrected chi connectivity index (χ4v) is 4.60. The molecule has 3 aromatic rings. The van der Waals surface area contributed by atoms with Crippen LogP contribution in [0.5, 0.6) is 0 Å². The quantitative estimate of drug-likeness (QED) is 0.525. The Labute approximate surface area is 198 Å². The lowest BCUT2D eigenvalue weighted by Gasteiger charge is -2.40. The summed E-state index contributed by atoms with van der Waals surface area (Å²) in [6, 6.07) is 5.94. The molecule has 4 atom stereocenters. The van der Waals surface area contributed by atoms with E-state index in [1.54, 1.807) is 19.9 Å². The molecule has 0 saturated carbocycles. The molecule has 5 rings (SSSR count). The molecule has 12 heteroatoms. The third-order valence-electron chi connectivity index (χ3n) is 6.25. The number of alkyl halides is 3. The van der Waals surface area contributed by atoms with Gasteiger partial charge in [0.25, 0.3) is 5.56 Å². The number of anilines is 1. The van der Waals surface area contributed by atoms with Crippen molar-refractivity contribution in [2.24, 2.45) is 0 Å². The number of rotatable bonds is 3. The Hall–Kier alpha value is -3.72. The third kappa shape index (κ3) is 3.95.